The monoisotopic (exact) mass is 824 g/mol. The van der Waals surface area contributed by atoms with E-state index in [0.29, 0.717) is 0 Å². The second-order valence-corrected chi connectivity index (χ2v) is 18.6. The third-order valence-corrected chi connectivity index (χ3v) is 14.3. The van der Waals surface area contributed by atoms with Gasteiger partial charge in [0.15, 0.2) is 23.0 Å². The van der Waals surface area contributed by atoms with E-state index in [9.17, 15) is 0 Å². The highest BCUT2D eigenvalue weighted by Gasteiger charge is 2.43. The van der Waals surface area contributed by atoms with Crippen molar-refractivity contribution in [3.63, 3.8) is 0 Å². The van der Waals surface area contributed by atoms with E-state index in [1.54, 1.807) is 0 Å². The highest BCUT2D eigenvalue weighted by atomic mass is 16.5. The van der Waals surface area contributed by atoms with Crippen molar-refractivity contribution in [2.24, 2.45) is 0 Å². The quantitative estimate of drug-likeness (QED) is 0.176. The highest BCUT2D eigenvalue weighted by molar-refractivity contribution is 5.96. The summed E-state index contributed by atoms with van der Waals surface area (Å²) < 4.78 is 12.9. The molecule has 64 heavy (non-hydrogen) atoms. The highest BCUT2D eigenvalue weighted by Crippen LogP contribution is 2.62. The minimum Gasteiger partial charge on any atom is -0.453 e. The largest absolute Gasteiger partial charge is 0.453 e. The van der Waals surface area contributed by atoms with Crippen LogP contribution in [0.5, 0.6) is 23.0 Å². The SMILES string of the molecule is CC1(C)c2ccc(-c3ccc(-c4ccc(-c5ccc(-c6ccc7c(c6)N6c8ccccc8Oc8cccc(c86)C7(C)C)cc5)cc4)cc3)cc2N2c3ccccc3Oc3cccc1c32. The number of para-hydroxylation sites is 6. The van der Waals surface area contributed by atoms with Crippen LogP contribution in [-0.4, -0.2) is 0 Å². The van der Waals surface area contributed by atoms with Crippen molar-refractivity contribution in [2.45, 2.75) is 38.5 Å². The van der Waals surface area contributed by atoms with Gasteiger partial charge in [0.1, 0.15) is 0 Å². The number of nitrogens with zero attached hydrogens (tertiary/aromatic N) is 2. The van der Waals surface area contributed by atoms with Gasteiger partial charge >= 0.3 is 0 Å². The van der Waals surface area contributed by atoms with Crippen molar-refractivity contribution in [1.29, 1.82) is 0 Å². The Morgan fingerprint density at radius 2 is 0.594 bits per heavy atom. The molecular weight excluding hydrogens is 781 g/mol. The molecule has 0 bridgehead atoms. The lowest BCUT2D eigenvalue weighted by Gasteiger charge is -2.45. The van der Waals surface area contributed by atoms with E-state index >= 15 is 0 Å². The van der Waals surface area contributed by atoms with Gasteiger partial charge in [-0.2, -0.15) is 0 Å². The van der Waals surface area contributed by atoms with Crippen LogP contribution >= 0.6 is 0 Å². The van der Waals surface area contributed by atoms with Gasteiger partial charge < -0.3 is 19.3 Å². The van der Waals surface area contributed by atoms with Gasteiger partial charge in [0.25, 0.3) is 0 Å². The summed E-state index contributed by atoms with van der Waals surface area (Å²) in [7, 11) is 0. The number of hydrogen-bond acceptors (Lipinski definition) is 4. The second-order valence-electron chi connectivity index (χ2n) is 18.6. The third kappa shape index (κ3) is 5.29. The predicted octanol–water partition coefficient (Wildman–Crippen LogP) is 16.8. The second kappa shape index (κ2) is 13.3. The van der Waals surface area contributed by atoms with E-state index in [2.05, 4.69) is 219 Å². The Hall–Kier alpha value is -7.82. The molecule has 9 aromatic rings. The Balaban J connectivity index is 0.772. The van der Waals surface area contributed by atoms with Crippen molar-refractivity contribution >= 4 is 34.1 Å². The van der Waals surface area contributed by atoms with Gasteiger partial charge in [-0.3, -0.25) is 0 Å². The van der Waals surface area contributed by atoms with Crippen LogP contribution in [-0.2, 0) is 10.8 Å². The van der Waals surface area contributed by atoms with E-state index in [0.717, 1.165) is 45.7 Å². The summed E-state index contributed by atoms with van der Waals surface area (Å²) in [5, 5.41) is 0. The smallest absolute Gasteiger partial charge is 0.151 e. The fraction of sp³-hybridized carbons (Fsp3) is 0.100. The molecule has 306 valence electrons. The first kappa shape index (κ1) is 36.8. The number of benzene rings is 9. The first-order chi connectivity index (χ1) is 31.2. The van der Waals surface area contributed by atoms with E-state index in [-0.39, 0.29) is 10.8 Å². The van der Waals surface area contributed by atoms with E-state index < -0.39 is 0 Å². The Morgan fingerprint density at radius 3 is 0.969 bits per heavy atom. The number of fused-ring (bicyclic) bond motifs is 8. The molecule has 0 aliphatic carbocycles. The van der Waals surface area contributed by atoms with Crippen LogP contribution in [0.3, 0.4) is 0 Å². The zero-order chi connectivity index (χ0) is 42.9. The number of ether oxygens (including phenoxy) is 2. The molecule has 0 amide bonds. The number of hydrogen-bond donors (Lipinski definition) is 0. The maximum Gasteiger partial charge on any atom is 0.151 e. The van der Waals surface area contributed by atoms with Gasteiger partial charge in [-0.05, 0) is 115 Å². The lowest BCUT2D eigenvalue weighted by atomic mass is 9.72. The van der Waals surface area contributed by atoms with Gasteiger partial charge in [0.2, 0.25) is 0 Å². The summed E-state index contributed by atoms with van der Waals surface area (Å²) in [4.78, 5) is 4.81. The molecule has 0 saturated carbocycles. The molecule has 0 fully saturated rings. The average molecular weight is 825 g/mol. The van der Waals surface area contributed by atoms with Gasteiger partial charge in [-0.25, -0.2) is 0 Å². The van der Waals surface area contributed by atoms with Crippen LogP contribution in [0.1, 0.15) is 49.9 Å². The minimum atomic E-state index is -0.181. The Bertz CT molecular complexity index is 3150. The summed E-state index contributed by atoms with van der Waals surface area (Å²) >= 11 is 0. The zero-order valence-electron chi connectivity index (χ0n) is 36.2. The molecule has 4 heterocycles. The predicted molar refractivity (Wildman–Crippen MR) is 262 cm³/mol. The molecule has 9 aromatic carbocycles. The molecule has 0 saturated heterocycles. The summed E-state index contributed by atoms with van der Waals surface area (Å²) in [5.74, 6) is 3.55. The topological polar surface area (TPSA) is 24.9 Å². The van der Waals surface area contributed by atoms with Crippen LogP contribution in [0.25, 0.3) is 44.5 Å². The summed E-state index contributed by atoms with van der Waals surface area (Å²) in [6.45, 7) is 9.29. The van der Waals surface area contributed by atoms with Crippen LogP contribution in [0.15, 0.2) is 194 Å². The summed E-state index contributed by atoms with van der Waals surface area (Å²) in [5.41, 5.74) is 21.1. The fourth-order valence-electron chi connectivity index (χ4n) is 10.8. The molecule has 13 rings (SSSR count). The van der Waals surface area contributed by atoms with Gasteiger partial charge in [-0.1, -0.05) is 173 Å². The number of anilines is 6. The molecular formula is C60H44N2O2. The summed E-state index contributed by atoms with van der Waals surface area (Å²) in [6, 6.07) is 70.4. The zero-order valence-corrected chi connectivity index (χ0v) is 36.2. The number of rotatable bonds is 4. The maximum absolute atomic E-state index is 6.46. The van der Waals surface area contributed by atoms with Gasteiger partial charge in [0, 0.05) is 10.8 Å². The minimum absolute atomic E-state index is 0.181. The molecule has 0 aromatic heterocycles. The third-order valence-electron chi connectivity index (χ3n) is 14.3. The Morgan fingerprint density at radius 1 is 0.281 bits per heavy atom. The van der Waals surface area contributed by atoms with Crippen molar-refractivity contribution in [3.8, 4) is 67.5 Å². The molecule has 4 heteroatoms. The van der Waals surface area contributed by atoms with Crippen molar-refractivity contribution < 1.29 is 9.47 Å². The molecule has 0 spiro atoms. The standard InChI is InChI=1S/C60H44N2O2/c1-59(2)45-33-31-43(35-51(45)61-49-13-5-7-15-53(49)63-55-17-9-11-47(59)57(55)61)41-27-23-39(24-28-41)37-19-21-38(22-20-37)40-25-29-42(30-26-40)44-32-34-46-52(36-44)62-50-14-6-8-16-54(50)64-56-18-10-12-48(58(56)62)60(46,3)4/h5-36H,1-4H3. The van der Waals surface area contributed by atoms with Gasteiger partial charge in [-0.15, -0.1) is 0 Å². The molecule has 4 aliphatic rings. The van der Waals surface area contributed by atoms with E-state index in [1.165, 1.54) is 78.1 Å². The Kier molecular flexibility index (Phi) is 7.67. The van der Waals surface area contributed by atoms with Crippen LogP contribution < -0.4 is 19.3 Å². The van der Waals surface area contributed by atoms with E-state index in [1.807, 2.05) is 12.1 Å². The average Bonchev–Trinajstić information content (AvgIpc) is 3.33. The first-order valence-electron chi connectivity index (χ1n) is 22.2. The molecule has 4 nitrogen and oxygen atoms in total. The van der Waals surface area contributed by atoms with E-state index in [4.69, 9.17) is 9.47 Å². The van der Waals surface area contributed by atoms with Crippen molar-refractivity contribution in [3.05, 3.63) is 216 Å². The molecule has 4 aliphatic heterocycles. The molecule has 0 radical (unpaired) electrons. The van der Waals surface area contributed by atoms with Crippen LogP contribution in [0, 0.1) is 0 Å². The maximum atomic E-state index is 6.46. The van der Waals surface area contributed by atoms with Crippen LogP contribution in [0.4, 0.5) is 34.1 Å². The summed E-state index contributed by atoms with van der Waals surface area (Å²) in [6.07, 6.45) is 0. The van der Waals surface area contributed by atoms with Crippen LogP contribution in [0.2, 0.25) is 0 Å². The van der Waals surface area contributed by atoms with Gasteiger partial charge in [0.05, 0.1) is 34.1 Å². The normalized spacial score (nSPS) is 15.0. The van der Waals surface area contributed by atoms with Crippen molar-refractivity contribution in [1.82, 2.24) is 0 Å². The fourth-order valence-corrected chi connectivity index (χ4v) is 10.8. The lowest BCUT2D eigenvalue weighted by Crippen LogP contribution is -2.32. The molecule has 0 N–H and O–H groups in total. The molecule has 0 unspecified atom stereocenters. The first-order valence-corrected chi connectivity index (χ1v) is 22.2. The Labute approximate surface area is 374 Å². The lowest BCUT2D eigenvalue weighted by molar-refractivity contribution is 0.471. The molecule has 0 atom stereocenters. The van der Waals surface area contributed by atoms with Crippen molar-refractivity contribution in [2.75, 3.05) is 9.80 Å².